The Balaban J connectivity index is 2.18. The third-order valence-corrected chi connectivity index (χ3v) is 3.80. The Kier molecular flexibility index (Phi) is 4.18. The van der Waals surface area contributed by atoms with Crippen LogP contribution in [0.25, 0.3) is 20.8 Å². The first-order valence-corrected chi connectivity index (χ1v) is 7.32. The van der Waals surface area contributed by atoms with E-state index in [-0.39, 0.29) is 0 Å². The predicted octanol–water partition coefficient (Wildman–Crippen LogP) is 5.91. The maximum atomic E-state index is 7.63. The second kappa shape index (κ2) is 6.60. The van der Waals surface area contributed by atoms with Gasteiger partial charge in [-0.05, 0) is 11.1 Å². The van der Waals surface area contributed by atoms with E-state index in [1.807, 2.05) is 78.9 Å². The molecule has 0 fully saturated rings. The van der Waals surface area contributed by atoms with Crippen LogP contribution >= 0.6 is 0 Å². The van der Waals surface area contributed by atoms with Crippen molar-refractivity contribution in [2.45, 2.75) is 6.04 Å². The van der Waals surface area contributed by atoms with Crippen molar-refractivity contribution in [3.05, 3.63) is 113 Å². The standard InChI is InChI=1S/C21H14N2/c1-22-20(17-12-7-4-8-13-17)19-15-9-14-18(21(19)23-2)16-10-5-3-6-11-16/h3-15,20H. The zero-order chi connectivity index (χ0) is 16.1. The summed E-state index contributed by atoms with van der Waals surface area (Å²) in [6, 6.07) is 24.8. The number of para-hydroxylation sites is 1. The van der Waals surface area contributed by atoms with Crippen LogP contribution in [0.3, 0.4) is 0 Å². The van der Waals surface area contributed by atoms with Crippen molar-refractivity contribution in [1.29, 1.82) is 0 Å². The second-order valence-electron chi connectivity index (χ2n) is 5.16. The van der Waals surface area contributed by atoms with Crippen LogP contribution in [0.2, 0.25) is 0 Å². The molecule has 1 unspecified atom stereocenters. The van der Waals surface area contributed by atoms with E-state index < -0.39 is 6.04 Å². The van der Waals surface area contributed by atoms with Gasteiger partial charge in [0.2, 0.25) is 5.69 Å². The molecule has 108 valence electrons. The van der Waals surface area contributed by atoms with E-state index in [1.165, 1.54) is 0 Å². The lowest BCUT2D eigenvalue weighted by Crippen LogP contribution is -1.97. The Morgan fingerprint density at radius 2 is 1.35 bits per heavy atom. The molecule has 3 aromatic rings. The Morgan fingerprint density at radius 1 is 0.696 bits per heavy atom. The third kappa shape index (κ3) is 2.84. The van der Waals surface area contributed by atoms with Gasteiger partial charge in [0, 0.05) is 11.1 Å². The van der Waals surface area contributed by atoms with E-state index in [4.69, 9.17) is 13.1 Å². The molecule has 2 nitrogen and oxygen atoms in total. The summed E-state index contributed by atoms with van der Waals surface area (Å²) in [5.74, 6) is 0. The molecule has 0 aromatic heterocycles. The largest absolute Gasteiger partial charge is 0.305 e. The van der Waals surface area contributed by atoms with Crippen LogP contribution in [-0.2, 0) is 0 Å². The minimum Gasteiger partial charge on any atom is -0.305 e. The van der Waals surface area contributed by atoms with E-state index >= 15 is 0 Å². The third-order valence-electron chi connectivity index (χ3n) is 3.80. The molecule has 2 heteroatoms. The summed E-state index contributed by atoms with van der Waals surface area (Å²) < 4.78 is 0. The molecule has 3 aromatic carbocycles. The molecule has 0 radical (unpaired) electrons. The summed E-state index contributed by atoms with van der Waals surface area (Å²) in [6.07, 6.45) is 0. The van der Waals surface area contributed by atoms with Gasteiger partial charge < -0.3 is 4.85 Å². The summed E-state index contributed by atoms with van der Waals surface area (Å²) in [5, 5.41) is 0. The molecule has 0 saturated heterocycles. The molecular formula is C21H14N2. The van der Waals surface area contributed by atoms with Crippen LogP contribution in [0.15, 0.2) is 78.9 Å². The highest BCUT2D eigenvalue weighted by molar-refractivity contribution is 5.81. The zero-order valence-electron chi connectivity index (χ0n) is 12.5. The lowest BCUT2D eigenvalue weighted by molar-refractivity contribution is 1.03. The monoisotopic (exact) mass is 294 g/mol. The summed E-state index contributed by atoms with van der Waals surface area (Å²) >= 11 is 0. The van der Waals surface area contributed by atoms with Gasteiger partial charge in [-0.25, -0.2) is 11.4 Å². The Labute approximate surface area is 136 Å². The fourth-order valence-electron chi connectivity index (χ4n) is 2.72. The minimum absolute atomic E-state index is 0.455. The molecule has 0 N–H and O–H groups in total. The molecule has 0 aliphatic heterocycles. The molecule has 0 aliphatic carbocycles. The first-order valence-electron chi connectivity index (χ1n) is 7.32. The zero-order valence-corrected chi connectivity index (χ0v) is 12.5. The topological polar surface area (TPSA) is 8.72 Å². The average molecular weight is 294 g/mol. The molecule has 0 saturated carbocycles. The van der Waals surface area contributed by atoms with Crippen molar-refractivity contribution >= 4 is 5.69 Å². The summed E-state index contributed by atoms with van der Waals surface area (Å²) in [7, 11) is 0. The fraction of sp³-hybridized carbons (Fsp3) is 0.0476. The molecule has 0 bridgehead atoms. The van der Waals surface area contributed by atoms with Gasteiger partial charge in [-0.2, -0.15) is 0 Å². The molecular weight excluding hydrogens is 280 g/mol. The lowest BCUT2D eigenvalue weighted by atomic mass is 9.93. The molecule has 1 atom stereocenters. The van der Waals surface area contributed by atoms with Crippen LogP contribution in [0.1, 0.15) is 17.2 Å². The first-order chi connectivity index (χ1) is 11.3. The van der Waals surface area contributed by atoms with Gasteiger partial charge in [0.25, 0.3) is 6.04 Å². The van der Waals surface area contributed by atoms with Crippen LogP contribution in [-0.4, -0.2) is 0 Å². The number of rotatable bonds is 3. The molecule has 0 aliphatic rings. The van der Waals surface area contributed by atoms with Gasteiger partial charge in [-0.15, -0.1) is 0 Å². The highest BCUT2D eigenvalue weighted by atomic mass is 14.7. The molecule has 3 rings (SSSR count). The van der Waals surface area contributed by atoms with E-state index in [0.717, 1.165) is 22.3 Å². The van der Waals surface area contributed by atoms with Gasteiger partial charge >= 0.3 is 0 Å². The predicted molar refractivity (Wildman–Crippen MR) is 93.0 cm³/mol. The fourth-order valence-corrected chi connectivity index (χ4v) is 2.72. The van der Waals surface area contributed by atoms with E-state index in [2.05, 4.69) is 9.69 Å². The van der Waals surface area contributed by atoms with E-state index in [1.54, 1.807) is 0 Å². The molecule has 0 amide bonds. The molecule has 0 heterocycles. The van der Waals surface area contributed by atoms with Gasteiger partial charge in [-0.3, -0.25) is 0 Å². The first kappa shape index (κ1) is 14.6. The van der Waals surface area contributed by atoms with Gasteiger partial charge in [0.15, 0.2) is 0 Å². The SMILES string of the molecule is [C-]#[N+]c1c(-c2ccccc2)cccc1C([N+]#[C-])c1ccccc1. The van der Waals surface area contributed by atoms with Crippen molar-refractivity contribution in [1.82, 2.24) is 0 Å². The highest BCUT2D eigenvalue weighted by Gasteiger charge is 2.24. The lowest BCUT2D eigenvalue weighted by Gasteiger charge is -2.12. The van der Waals surface area contributed by atoms with Crippen molar-refractivity contribution in [2.24, 2.45) is 0 Å². The van der Waals surface area contributed by atoms with Crippen molar-refractivity contribution in [3.63, 3.8) is 0 Å². The van der Waals surface area contributed by atoms with Crippen molar-refractivity contribution < 1.29 is 0 Å². The maximum absolute atomic E-state index is 7.63. The second-order valence-corrected chi connectivity index (χ2v) is 5.16. The molecule has 23 heavy (non-hydrogen) atoms. The average Bonchev–Trinajstić information content (AvgIpc) is 2.64. The van der Waals surface area contributed by atoms with E-state index in [9.17, 15) is 0 Å². The van der Waals surface area contributed by atoms with Crippen LogP contribution < -0.4 is 0 Å². The number of nitrogens with zero attached hydrogens (tertiary/aromatic N) is 2. The van der Waals surface area contributed by atoms with Gasteiger partial charge in [0.1, 0.15) is 0 Å². The Bertz CT molecular complexity index is 885. The Morgan fingerprint density at radius 3 is 1.96 bits per heavy atom. The summed E-state index contributed by atoms with van der Waals surface area (Å²) in [5.41, 5.74) is 4.11. The smallest absolute Gasteiger partial charge is 0.265 e. The van der Waals surface area contributed by atoms with Gasteiger partial charge in [0.05, 0.1) is 6.57 Å². The Hall–Kier alpha value is -3.36. The van der Waals surface area contributed by atoms with E-state index in [0.29, 0.717) is 5.69 Å². The normalized spacial score (nSPS) is 11.2. The maximum Gasteiger partial charge on any atom is 0.265 e. The van der Waals surface area contributed by atoms with Gasteiger partial charge in [-0.1, -0.05) is 78.9 Å². The number of benzene rings is 3. The number of hydrogen-bond donors (Lipinski definition) is 0. The summed E-state index contributed by atoms with van der Waals surface area (Å²) in [4.78, 5) is 7.53. The number of hydrogen-bond acceptors (Lipinski definition) is 0. The quantitative estimate of drug-likeness (QED) is 0.531. The molecule has 0 spiro atoms. The van der Waals surface area contributed by atoms with Crippen LogP contribution in [0.5, 0.6) is 0 Å². The van der Waals surface area contributed by atoms with Crippen LogP contribution in [0, 0.1) is 13.1 Å². The van der Waals surface area contributed by atoms with Crippen molar-refractivity contribution in [3.8, 4) is 11.1 Å². The summed E-state index contributed by atoms with van der Waals surface area (Å²) in [6.45, 7) is 15.2. The van der Waals surface area contributed by atoms with Crippen molar-refractivity contribution in [2.75, 3.05) is 0 Å². The highest BCUT2D eigenvalue weighted by Crippen LogP contribution is 2.39. The minimum atomic E-state index is -0.455. The van der Waals surface area contributed by atoms with Crippen LogP contribution in [0.4, 0.5) is 5.69 Å².